The lowest BCUT2D eigenvalue weighted by molar-refractivity contribution is -0.141. The summed E-state index contributed by atoms with van der Waals surface area (Å²) in [5, 5.41) is 16.9. The minimum absolute atomic E-state index is 0.0782. The van der Waals surface area contributed by atoms with Gasteiger partial charge in [0.2, 0.25) is 5.91 Å². The van der Waals surface area contributed by atoms with Gasteiger partial charge in [-0.1, -0.05) is 67.4 Å². The van der Waals surface area contributed by atoms with Crippen molar-refractivity contribution in [3.05, 3.63) is 96.1 Å². The van der Waals surface area contributed by atoms with E-state index in [0.717, 1.165) is 31.2 Å². The fraction of sp³-hybridized carbons (Fsp3) is 0.364. The quantitative estimate of drug-likeness (QED) is 0.347. The number of likely N-dealkylation sites (tertiary alicyclic amines) is 1. The molecular weight excluding hydrogens is 518 g/mol. The van der Waals surface area contributed by atoms with Crippen molar-refractivity contribution < 1.29 is 24.2 Å². The standard InChI is InChI=1S/C33H37N3O5/c37-30(32(39)34-25-14-7-8-15-25)29-19-10-20-36(29)33(40)28(21-23-11-3-1-4-12-23)35-31(38)24-13-9-18-27(22-24)41-26-16-5-2-6-17-26/h1-6,9,11-13,16-18,22,25,28-30,37H,7-8,10,14-15,19-21H2,(H,34,39)(H,35,38)/t28-,29?,30?/m0/s1. The van der Waals surface area contributed by atoms with Gasteiger partial charge >= 0.3 is 0 Å². The number of carbonyl (C=O) groups is 3. The van der Waals surface area contributed by atoms with Crippen LogP contribution in [0, 0.1) is 0 Å². The Bertz CT molecular complexity index is 1330. The lowest BCUT2D eigenvalue weighted by atomic mass is 10.0. The molecule has 0 aromatic heterocycles. The Hall–Kier alpha value is -4.17. The molecule has 8 heteroatoms. The molecule has 3 aromatic carbocycles. The molecule has 2 aliphatic rings. The van der Waals surface area contributed by atoms with Crippen molar-refractivity contribution in [1.29, 1.82) is 0 Å². The molecule has 0 radical (unpaired) electrons. The van der Waals surface area contributed by atoms with E-state index in [1.54, 1.807) is 29.2 Å². The molecule has 3 N–H and O–H groups in total. The van der Waals surface area contributed by atoms with Crippen LogP contribution in [0.15, 0.2) is 84.9 Å². The predicted molar refractivity (Wildman–Crippen MR) is 155 cm³/mol. The number of aliphatic hydroxyl groups excluding tert-OH is 1. The Balaban J connectivity index is 1.31. The molecule has 8 nitrogen and oxygen atoms in total. The van der Waals surface area contributed by atoms with Crippen molar-refractivity contribution in [1.82, 2.24) is 15.5 Å². The number of nitrogens with one attached hydrogen (secondary N) is 2. The minimum Gasteiger partial charge on any atom is -0.457 e. The third-order valence-corrected chi connectivity index (χ3v) is 7.88. The summed E-state index contributed by atoms with van der Waals surface area (Å²) in [7, 11) is 0. The number of hydrogen-bond acceptors (Lipinski definition) is 5. The second-order valence-electron chi connectivity index (χ2n) is 10.8. The zero-order valence-electron chi connectivity index (χ0n) is 23.1. The van der Waals surface area contributed by atoms with Crippen molar-refractivity contribution in [3.8, 4) is 11.5 Å². The van der Waals surface area contributed by atoms with E-state index in [9.17, 15) is 19.5 Å². The average molecular weight is 556 g/mol. The number of para-hydroxylation sites is 1. The summed E-state index contributed by atoms with van der Waals surface area (Å²) < 4.78 is 5.89. The average Bonchev–Trinajstić information content (AvgIpc) is 3.70. The molecule has 1 saturated carbocycles. The van der Waals surface area contributed by atoms with Gasteiger partial charge in [0.05, 0.1) is 6.04 Å². The summed E-state index contributed by atoms with van der Waals surface area (Å²) in [5.74, 6) is 0.00577. The van der Waals surface area contributed by atoms with E-state index < -0.39 is 30.0 Å². The number of carbonyl (C=O) groups excluding carboxylic acids is 3. The van der Waals surface area contributed by atoms with E-state index in [-0.39, 0.29) is 18.4 Å². The van der Waals surface area contributed by atoms with Crippen LogP contribution in [-0.2, 0) is 16.0 Å². The highest BCUT2D eigenvalue weighted by Crippen LogP contribution is 2.25. The van der Waals surface area contributed by atoms with Gasteiger partial charge in [-0.05, 0) is 61.6 Å². The van der Waals surface area contributed by atoms with E-state index >= 15 is 0 Å². The smallest absolute Gasteiger partial charge is 0.252 e. The molecule has 1 heterocycles. The first-order chi connectivity index (χ1) is 20.0. The van der Waals surface area contributed by atoms with Gasteiger partial charge in [-0.2, -0.15) is 0 Å². The van der Waals surface area contributed by atoms with Gasteiger partial charge in [0.15, 0.2) is 6.10 Å². The number of nitrogens with zero attached hydrogens (tertiary/aromatic N) is 1. The molecule has 2 unspecified atom stereocenters. The molecule has 2 fully saturated rings. The van der Waals surface area contributed by atoms with Crippen molar-refractivity contribution >= 4 is 17.7 Å². The van der Waals surface area contributed by atoms with Gasteiger partial charge in [-0.15, -0.1) is 0 Å². The van der Waals surface area contributed by atoms with Crippen LogP contribution in [0.1, 0.15) is 54.4 Å². The normalized spacial score (nSPS) is 18.5. The molecule has 214 valence electrons. The fourth-order valence-electron chi connectivity index (χ4n) is 5.74. The van der Waals surface area contributed by atoms with Crippen molar-refractivity contribution in [3.63, 3.8) is 0 Å². The zero-order valence-corrected chi connectivity index (χ0v) is 23.1. The molecule has 3 amide bonds. The molecule has 0 bridgehead atoms. The maximum absolute atomic E-state index is 14.0. The summed E-state index contributed by atoms with van der Waals surface area (Å²) in [6.45, 7) is 0.416. The molecule has 3 aromatic rings. The summed E-state index contributed by atoms with van der Waals surface area (Å²) in [4.78, 5) is 41.8. The van der Waals surface area contributed by atoms with E-state index in [1.807, 2.05) is 60.7 Å². The monoisotopic (exact) mass is 555 g/mol. The molecule has 1 aliphatic heterocycles. The molecular formula is C33H37N3O5. The van der Waals surface area contributed by atoms with Gasteiger partial charge in [-0.3, -0.25) is 14.4 Å². The summed E-state index contributed by atoms with van der Waals surface area (Å²) in [6, 6.07) is 24.2. The van der Waals surface area contributed by atoms with Crippen LogP contribution in [0.5, 0.6) is 11.5 Å². The van der Waals surface area contributed by atoms with Crippen LogP contribution in [-0.4, -0.2) is 58.5 Å². The third-order valence-electron chi connectivity index (χ3n) is 7.88. The molecule has 3 atom stereocenters. The zero-order chi connectivity index (χ0) is 28.6. The van der Waals surface area contributed by atoms with Gasteiger partial charge in [0, 0.05) is 24.6 Å². The first-order valence-corrected chi connectivity index (χ1v) is 14.4. The van der Waals surface area contributed by atoms with Gasteiger partial charge < -0.3 is 25.4 Å². The predicted octanol–water partition coefficient (Wildman–Crippen LogP) is 4.23. The summed E-state index contributed by atoms with van der Waals surface area (Å²) in [6.07, 6.45) is 4.11. The number of hydrogen-bond donors (Lipinski definition) is 3. The van der Waals surface area contributed by atoms with Crippen molar-refractivity contribution in [2.75, 3.05) is 6.54 Å². The van der Waals surface area contributed by atoms with E-state index in [1.165, 1.54) is 0 Å². The van der Waals surface area contributed by atoms with Gasteiger partial charge in [0.1, 0.15) is 17.5 Å². The van der Waals surface area contributed by atoms with Crippen LogP contribution in [0.2, 0.25) is 0 Å². The topological polar surface area (TPSA) is 108 Å². The second-order valence-corrected chi connectivity index (χ2v) is 10.8. The first-order valence-electron chi connectivity index (χ1n) is 14.4. The minimum atomic E-state index is -1.32. The molecule has 5 rings (SSSR count). The fourth-order valence-corrected chi connectivity index (χ4v) is 5.74. The number of rotatable bonds is 10. The SMILES string of the molecule is O=C(N[C@@H](Cc1ccccc1)C(=O)N1CCCC1C(O)C(=O)NC1CCCC1)c1cccc(Oc2ccccc2)c1. The van der Waals surface area contributed by atoms with Crippen LogP contribution < -0.4 is 15.4 Å². The highest BCUT2D eigenvalue weighted by atomic mass is 16.5. The highest BCUT2D eigenvalue weighted by Gasteiger charge is 2.40. The van der Waals surface area contributed by atoms with Crippen molar-refractivity contribution in [2.24, 2.45) is 0 Å². The number of aliphatic hydroxyl groups is 1. The van der Waals surface area contributed by atoms with Gasteiger partial charge in [0.25, 0.3) is 11.8 Å². The van der Waals surface area contributed by atoms with Crippen LogP contribution in [0.4, 0.5) is 0 Å². The molecule has 0 spiro atoms. The van der Waals surface area contributed by atoms with Crippen LogP contribution in [0.25, 0.3) is 0 Å². The Kier molecular flexibility index (Phi) is 9.31. The molecule has 1 saturated heterocycles. The molecule has 41 heavy (non-hydrogen) atoms. The first kappa shape index (κ1) is 28.4. The Labute approximate surface area is 240 Å². The van der Waals surface area contributed by atoms with E-state index in [0.29, 0.717) is 36.4 Å². The summed E-state index contributed by atoms with van der Waals surface area (Å²) >= 11 is 0. The Morgan fingerprint density at radius 3 is 2.27 bits per heavy atom. The number of ether oxygens (including phenoxy) is 1. The van der Waals surface area contributed by atoms with E-state index in [4.69, 9.17) is 4.74 Å². The number of amides is 3. The Morgan fingerprint density at radius 2 is 1.54 bits per heavy atom. The summed E-state index contributed by atoms with van der Waals surface area (Å²) in [5.41, 5.74) is 1.25. The van der Waals surface area contributed by atoms with Crippen LogP contribution >= 0.6 is 0 Å². The lowest BCUT2D eigenvalue weighted by Crippen LogP contribution is -2.56. The lowest BCUT2D eigenvalue weighted by Gasteiger charge is -2.32. The third kappa shape index (κ3) is 7.32. The Morgan fingerprint density at radius 1 is 0.854 bits per heavy atom. The second kappa shape index (κ2) is 13.5. The highest BCUT2D eigenvalue weighted by molar-refractivity contribution is 5.98. The largest absolute Gasteiger partial charge is 0.457 e. The molecule has 1 aliphatic carbocycles. The number of benzene rings is 3. The van der Waals surface area contributed by atoms with E-state index in [2.05, 4.69) is 10.6 Å². The maximum atomic E-state index is 14.0. The van der Waals surface area contributed by atoms with Crippen LogP contribution in [0.3, 0.4) is 0 Å². The van der Waals surface area contributed by atoms with Crippen molar-refractivity contribution in [2.45, 2.75) is 69.2 Å². The van der Waals surface area contributed by atoms with Gasteiger partial charge in [-0.25, -0.2) is 0 Å². The maximum Gasteiger partial charge on any atom is 0.252 e.